The fourth-order valence-electron chi connectivity index (χ4n) is 0.320. The van der Waals surface area contributed by atoms with Crippen LogP contribution in [0.3, 0.4) is 0 Å². The van der Waals surface area contributed by atoms with Gasteiger partial charge in [0.15, 0.2) is 0 Å². The van der Waals surface area contributed by atoms with Gasteiger partial charge >= 0.3 is 0 Å². The van der Waals surface area contributed by atoms with Gasteiger partial charge in [-0.2, -0.15) is 0 Å². The van der Waals surface area contributed by atoms with Crippen LogP contribution in [0.25, 0.3) is 0 Å². The Kier molecular flexibility index (Phi) is 5.94. The second-order valence-corrected chi connectivity index (χ2v) is 1.91. The van der Waals surface area contributed by atoms with Gasteiger partial charge in [0.25, 0.3) is 0 Å². The first kappa shape index (κ1) is 9.28. The molecule has 0 saturated carbocycles. The largest absolute Gasteiger partial charge is 0.444 e. The molecule has 0 aromatic rings. The molecular weight excluding hydrogens is 132 g/mol. The predicted octanol–water partition coefficient (Wildman–Crippen LogP) is -0.273. The molecule has 0 fully saturated rings. The first-order valence-electron chi connectivity index (χ1n) is 3.16. The van der Waals surface area contributed by atoms with Gasteiger partial charge in [-0.3, -0.25) is 0 Å². The summed E-state index contributed by atoms with van der Waals surface area (Å²) in [5, 5.41) is 16.9. The SMILES string of the molecule is CC(O)COC#CCCO. The van der Waals surface area contributed by atoms with Crippen molar-refractivity contribution in [3.8, 4) is 12.0 Å². The molecule has 3 nitrogen and oxygen atoms in total. The van der Waals surface area contributed by atoms with Crippen LogP contribution >= 0.6 is 0 Å². The van der Waals surface area contributed by atoms with E-state index < -0.39 is 6.10 Å². The van der Waals surface area contributed by atoms with E-state index in [0.29, 0.717) is 6.42 Å². The lowest BCUT2D eigenvalue weighted by molar-refractivity contribution is 0.107. The summed E-state index contributed by atoms with van der Waals surface area (Å²) >= 11 is 0. The minimum Gasteiger partial charge on any atom is -0.444 e. The second-order valence-electron chi connectivity index (χ2n) is 1.91. The summed E-state index contributed by atoms with van der Waals surface area (Å²) in [4.78, 5) is 0. The Morgan fingerprint density at radius 3 is 2.80 bits per heavy atom. The number of aliphatic hydroxyl groups excluding tert-OH is 2. The van der Waals surface area contributed by atoms with Crippen molar-refractivity contribution < 1.29 is 14.9 Å². The fraction of sp³-hybridized carbons (Fsp3) is 0.714. The normalized spacial score (nSPS) is 11.5. The molecule has 0 aliphatic carbocycles. The highest BCUT2D eigenvalue weighted by Gasteiger charge is 1.90. The van der Waals surface area contributed by atoms with Gasteiger partial charge in [0, 0.05) is 6.42 Å². The summed E-state index contributed by atoms with van der Waals surface area (Å²) in [7, 11) is 0. The molecule has 0 saturated heterocycles. The quantitative estimate of drug-likeness (QED) is 0.536. The average molecular weight is 144 g/mol. The molecule has 1 atom stereocenters. The Morgan fingerprint density at radius 1 is 1.60 bits per heavy atom. The Morgan fingerprint density at radius 2 is 2.30 bits per heavy atom. The fourth-order valence-corrected chi connectivity index (χ4v) is 0.320. The molecule has 10 heavy (non-hydrogen) atoms. The van der Waals surface area contributed by atoms with E-state index >= 15 is 0 Å². The van der Waals surface area contributed by atoms with Gasteiger partial charge in [-0.15, -0.1) is 0 Å². The van der Waals surface area contributed by atoms with Crippen LogP contribution in [-0.2, 0) is 4.74 Å². The van der Waals surface area contributed by atoms with E-state index in [4.69, 9.17) is 10.2 Å². The highest BCUT2D eigenvalue weighted by atomic mass is 16.5. The maximum atomic E-state index is 8.67. The Balaban J connectivity index is 3.12. The van der Waals surface area contributed by atoms with Crippen LogP contribution in [0.5, 0.6) is 0 Å². The van der Waals surface area contributed by atoms with E-state index in [9.17, 15) is 0 Å². The molecule has 0 heterocycles. The van der Waals surface area contributed by atoms with Crippen LogP contribution in [0.2, 0.25) is 0 Å². The highest BCUT2D eigenvalue weighted by Crippen LogP contribution is 1.80. The molecule has 3 heteroatoms. The minimum atomic E-state index is -0.483. The number of hydrogen-bond donors (Lipinski definition) is 2. The summed E-state index contributed by atoms with van der Waals surface area (Å²) in [6.07, 6.45) is 2.28. The Bertz CT molecular complexity index is 121. The molecule has 0 radical (unpaired) electrons. The van der Waals surface area contributed by atoms with Crippen molar-refractivity contribution in [3.63, 3.8) is 0 Å². The summed E-state index contributed by atoms with van der Waals surface area (Å²) in [5.74, 6) is 2.56. The molecule has 0 aliphatic heterocycles. The molecule has 2 N–H and O–H groups in total. The summed E-state index contributed by atoms with van der Waals surface area (Å²) in [6, 6.07) is 0. The van der Waals surface area contributed by atoms with Crippen LogP contribution < -0.4 is 0 Å². The van der Waals surface area contributed by atoms with Gasteiger partial charge in [-0.05, 0) is 6.92 Å². The molecule has 0 amide bonds. The lowest BCUT2D eigenvalue weighted by atomic mass is 10.4. The summed E-state index contributed by atoms with van der Waals surface area (Å²) in [5.41, 5.74) is 0. The van der Waals surface area contributed by atoms with Gasteiger partial charge in [-0.25, -0.2) is 0 Å². The van der Waals surface area contributed by atoms with E-state index in [0.717, 1.165) is 0 Å². The zero-order valence-electron chi connectivity index (χ0n) is 6.00. The molecule has 58 valence electrons. The highest BCUT2D eigenvalue weighted by molar-refractivity contribution is 4.90. The third-order valence-electron chi connectivity index (χ3n) is 0.706. The van der Waals surface area contributed by atoms with Crippen molar-refractivity contribution in [2.75, 3.05) is 13.2 Å². The van der Waals surface area contributed by atoms with Gasteiger partial charge in [0.05, 0.1) is 12.7 Å². The van der Waals surface area contributed by atoms with Crippen LogP contribution in [0.4, 0.5) is 0 Å². The molecule has 0 aromatic heterocycles. The van der Waals surface area contributed by atoms with E-state index in [1.807, 2.05) is 0 Å². The Hall–Kier alpha value is -0.720. The molecule has 0 bridgehead atoms. The maximum absolute atomic E-state index is 8.67. The molecule has 0 spiro atoms. The first-order chi connectivity index (χ1) is 4.77. The number of rotatable bonds is 3. The van der Waals surface area contributed by atoms with Crippen molar-refractivity contribution in [3.05, 3.63) is 0 Å². The van der Waals surface area contributed by atoms with Crippen LogP contribution in [0.1, 0.15) is 13.3 Å². The Labute approximate surface area is 60.6 Å². The second kappa shape index (κ2) is 6.40. The lowest BCUT2D eigenvalue weighted by Gasteiger charge is -1.98. The van der Waals surface area contributed by atoms with Gasteiger partial charge < -0.3 is 14.9 Å². The van der Waals surface area contributed by atoms with E-state index in [-0.39, 0.29) is 13.2 Å². The van der Waals surface area contributed by atoms with Crippen molar-refractivity contribution in [1.29, 1.82) is 0 Å². The van der Waals surface area contributed by atoms with Gasteiger partial charge in [0.1, 0.15) is 12.7 Å². The number of aliphatic hydroxyl groups is 2. The third kappa shape index (κ3) is 7.28. The van der Waals surface area contributed by atoms with Crippen LogP contribution in [-0.4, -0.2) is 29.5 Å². The predicted molar refractivity (Wildman–Crippen MR) is 37.1 cm³/mol. The standard InChI is InChI=1S/C7H12O3/c1-7(9)6-10-5-3-2-4-8/h7-9H,2,4,6H2,1H3. The van der Waals surface area contributed by atoms with E-state index in [1.54, 1.807) is 6.92 Å². The van der Waals surface area contributed by atoms with Crippen LogP contribution in [0.15, 0.2) is 0 Å². The monoisotopic (exact) mass is 144 g/mol. The third-order valence-corrected chi connectivity index (χ3v) is 0.706. The molecule has 1 unspecified atom stereocenters. The van der Waals surface area contributed by atoms with Crippen LogP contribution in [0, 0.1) is 12.0 Å². The van der Waals surface area contributed by atoms with E-state index in [2.05, 4.69) is 16.8 Å². The van der Waals surface area contributed by atoms with E-state index in [1.165, 1.54) is 0 Å². The smallest absolute Gasteiger partial charge is 0.126 e. The number of ether oxygens (including phenoxy) is 1. The zero-order chi connectivity index (χ0) is 7.82. The topological polar surface area (TPSA) is 49.7 Å². The maximum Gasteiger partial charge on any atom is 0.126 e. The molecule has 0 aliphatic rings. The average Bonchev–Trinajstić information content (AvgIpc) is 1.87. The number of hydrogen-bond acceptors (Lipinski definition) is 3. The van der Waals surface area contributed by atoms with Crippen molar-refractivity contribution >= 4 is 0 Å². The van der Waals surface area contributed by atoms with Crippen molar-refractivity contribution in [2.45, 2.75) is 19.4 Å². The molecule has 0 aromatic carbocycles. The molecular formula is C7H12O3. The van der Waals surface area contributed by atoms with Crippen molar-refractivity contribution in [1.82, 2.24) is 0 Å². The van der Waals surface area contributed by atoms with Crippen molar-refractivity contribution in [2.24, 2.45) is 0 Å². The van der Waals surface area contributed by atoms with Gasteiger partial charge in [0.2, 0.25) is 0 Å². The lowest BCUT2D eigenvalue weighted by Crippen LogP contribution is -2.07. The summed E-state index contributed by atoms with van der Waals surface area (Å²) < 4.78 is 4.67. The zero-order valence-corrected chi connectivity index (χ0v) is 6.00. The first-order valence-corrected chi connectivity index (χ1v) is 3.16. The molecule has 0 rings (SSSR count). The van der Waals surface area contributed by atoms with Gasteiger partial charge in [-0.1, -0.05) is 5.92 Å². The minimum absolute atomic E-state index is 0.0467. The summed E-state index contributed by atoms with van der Waals surface area (Å²) in [6.45, 7) is 1.89.